The molecule has 0 radical (unpaired) electrons. The highest BCUT2D eigenvalue weighted by molar-refractivity contribution is 4.94. The summed E-state index contributed by atoms with van der Waals surface area (Å²) in [5, 5.41) is 2.52. The number of hydrogen-bond acceptors (Lipinski definition) is 2. The van der Waals surface area contributed by atoms with Crippen molar-refractivity contribution < 1.29 is 0 Å². The van der Waals surface area contributed by atoms with Crippen molar-refractivity contribution in [2.24, 2.45) is 11.8 Å². The number of nitrogens with zero attached hydrogens (tertiary/aromatic N) is 1. The quantitative estimate of drug-likeness (QED) is 0.585. The highest BCUT2D eigenvalue weighted by atomic mass is 15.5. The molecule has 2 heterocycles. The van der Waals surface area contributed by atoms with Crippen LogP contribution < -0.4 is 5.43 Å². The SMILES string of the molecule is C1CC2CCN3NCCC3C2C1. The van der Waals surface area contributed by atoms with Gasteiger partial charge in [-0.15, -0.1) is 0 Å². The number of hydrazine groups is 1. The summed E-state index contributed by atoms with van der Waals surface area (Å²) in [6.07, 6.45) is 7.39. The van der Waals surface area contributed by atoms with Gasteiger partial charge in [-0.2, -0.15) is 0 Å². The zero-order chi connectivity index (χ0) is 7.97. The summed E-state index contributed by atoms with van der Waals surface area (Å²) in [6, 6.07) is 0.909. The first-order valence-electron chi connectivity index (χ1n) is 5.45. The van der Waals surface area contributed by atoms with Gasteiger partial charge >= 0.3 is 0 Å². The standard InChI is InChI=1S/C10H18N2/c1-2-8-5-7-12-10(4-6-11-12)9(8)3-1/h8-11H,1-7H2. The lowest BCUT2D eigenvalue weighted by molar-refractivity contribution is 0.0647. The molecule has 1 N–H and O–H groups in total. The van der Waals surface area contributed by atoms with Crippen LogP contribution in [0.4, 0.5) is 0 Å². The van der Waals surface area contributed by atoms with Crippen molar-refractivity contribution in [3.8, 4) is 0 Å². The van der Waals surface area contributed by atoms with E-state index < -0.39 is 0 Å². The fraction of sp³-hybridized carbons (Fsp3) is 1.00. The smallest absolute Gasteiger partial charge is 0.0287 e. The van der Waals surface area contributed by atoms with Crippen LogP contribution in [0.2, 0.25) is 0 Å². The van der Waals surface area contributed by atoms with E-state index in [-0.39, 0.29) is 0 Å². The first kappa shape index (κ1) is 7.34. The molecule has 3 fully saturated rings. The summed E-state index contributed by atoms with van der Waals surface area (Å²) in [5.74, 6) is 2.14. The lowest BCUT2D eigenvalue weighted by Gasteiger charge is -2.38. The summed E-state index contributed by atoms with van der Waals surface area (Å²) in [5.41, 5.74) is 3.50. The van der Waals surface area contributed by atoms with Crippen LogP contribution in [0.15, 0.2) is 0 Å². The summed E-state index contributed by atoms with van der Waals surface area (Å²) >= 11 is 0. The Hall–Kier alpha value is -0.0800. The van der Waals surface area contributed by atoms with Gasteiger partial charge in [-0.1, -0.05) is 12.8 Å². The van der Waals surface area contributed by atoms with E-state index in [1.807, 2.05) is 0 Å². The van der Waals surface area contributed by atoms with E-state index in [0.717, 1.165) is 17.9 Å². The van der Waals surface area contributed by atoms with Crippen molar-refractivity contribution >= 4 is 0 Å². The molecule has 0 aromatic heterocycles. The summed E-state index contributed by atoms with van der Waals surface area (Å²) in [6.45, 7) is 2.54. The van der Waals surface area contributed by atoms with E-state index in [1.54, 1.807) is 0 Å². The van der Waals surface area contributed by atoms with Crippen LogP contribution in [-0.2, 0) is 0 Å². The Kier molecular flexibility index (Phi) is 1.66. The fourth-order valence-electron chi connectivity index (χ4n) is 3.55. The van der Waals surface area contributed by atoms with Crippen LogP contribution >= 0.6 is 0 Å². The molecule has 3 aliphatic rings. The molecule has 0 spiro atoms. The van der Waals surface area contributed by atoms with Crippen molar-refractivity contribution in [3.05, 3.63) is 0 Å². The number of nitrogens with one attached hydrogen (secondary N) is 1. The second-order valence-corrected chi connectivity index (χ2v) is 4.60. The largest absolute Gasteiger partial charge is 0.255 e. The molecule has 3 rings (SSSR count). The van der Waals surface area contributed by atoms with Gasteiger partial charge in [0.25, 0.3) is 0 Å². The lowest BCUT2D eigenvalue weighted by atomic mass is 9.82. The third-order valence-corrected chi connectivity index (χ3v) is 4.11. The zero-order valence-corrected chi connectivity index (χ0v) is 7.63. The van der Waals surface area contributed by atoms with Gasteiger partial charge in [0.15, 0.2) is 0 Å². The molecule has 3 atom stereocenters. The second kappa shape index (κ2) is 2.71. The van der Waals surface area contributed by atoms with Gasteiger partial charge in [-0.25, -0.2) is 5.01 Å². The van der Waals surface area contributed by atoms with Crippen LogP contribution in [0.25, 0.3) is 0 Å². The van der Waals surface area contributed by atoms with Gasteiger partial charge in [-0.3, -0.25) is 5.43 Å². The predicted octanol–water partition coefficient (Wildman–Crippen LogP) is 1.39. The molecule has 2 saturated heterocycles. The Balaban J connectivity index is 1.81. The van der Waals surface area contributed by atoms with Gasteiger partial charge < -0.3 is 0 Å². The van der Waals surface area contributed by atoms with Crippen LogP contribution in [0, 0.1) is 11.8 Å². The Morgan fingerprint density at radius 2 is 2.08 bits per heavy atom. The molecule has 0 aromatic carbocycles. The van der Waals surface area contributed by atoms with Gasteiger partial charge in [0.05, 0.1) is 0 Å². The molecular weight excluding hydrogens is 148 g/mol. The second-order valence-electron chi connectivity index (χ2n) is 4.60. The minimum atomic E-state index is 0.909. The predicted molar refractivity (Wildman–Crippen MR) is 48.6 cm³/mol. The Morgan fingerprint density at radius 3 is 3.08 bits per heavy atom. The van der Waals surface area contributed by atoms with Crippen LogP contribution in [0.1, 0.15) is 32.1 Å². The molecule has 0 bridgehead atoms. The van der Waals surface area contributed by atoms with Gasteiger partial charge in [-0.05, 0) is 31.1 Å². The summed E-state index contributed by atoms with van der Waals surface area (Å²) in [7, 11) is 0. The molecule has 0 aromatic rings. The third-order valence-electron chi connectivity index (χ3n) is 4.11. The number of fused-ring (bicyclic) bond motifs is 3. The van der Waals surface area contributed by atoms with Gasteiger partial charge in [0, 0.05) is 19.1 Å². The number of hydrogen-bond donors (Lipinski definition) is 1. The first-order chi connectivity index (χ1) is 5.95. The molecule has 2 aliphatic heterocycles. The average molecular weight is 166 g/mol. The fourth-order valence-corrected chi connectivity index (χ4v) is 3.55. The molecule has 68 valence electrons. The molecular formula is C10H18N2. The molecule has 1 saturated carbocycles. The van der Waals surface area contributed by atoms with E-state index in [0.29, 0.717) is 0 Å². The van der Waals surface area contributed by atoms with Crippen LogP contribution in [0.3, 0.4) is 0 Å². The monoisotopic (exact) mass is 166 g/mol. The van der Waals surface area contributed by atoms with Gasteiger partial charge in [0.1, 0.15) is 0 Å². The number of piperidine rings is 1. The van der Waals surface area contributed by atoms with Crippen molar-refractivity contribution in [2.75, 3.05) is 13.1 Å². The van der Waals surface area contributed by atoms with Crippen LogP contribution in [0.5, 0.6) is 0 Å². The molecule has 2 nitrogen and oxygen atoms in total. The average Bonchev–Trinajstić information content (AvgIpc) is 2.71. The lowest BCUT2D eigenvalue weighted by Crippen LogP contribution is -2.47. The number of rotatable bonds is 0. The Morgan fingerprint density at radius 1 is 1.08 bits per heavy atom. The molecule has 3 unspecified atom stereocenters. The maximum Gasteiger partial charge on any atom is 0.0287 e. The molecule has 0 amide bonds. The molecule has 12 heavy (non-hydrogen) atoms. The maximum absolute atomic E-state index is 3.50. The Labute approximate surface area is 74.3 Å². The van der Waals surface area contributed by atoms with E-state index in [4.69, 9.17) is 0 Å². The van der Waals surface area contributed by atoms with Crippen LogP contribution in [-0.4, -0.2) is 24.1 Å². The normalized spacial score (nSPS) is 47.5. The van der Waals surface area contributed by atoms with E-state index in [2.05, 4.69) is 10.4 Å². The molecule has 1 aliphatic carbocycles. The van der Waals surface area contributed by atoms with E-state index >= 15 is 0 Å². The first-order valence-corrected chi connectivity index (χ1v) is 5.45. The Bertz CT molecular complexity index is 161. The van der Waals surface area contributed by atoms with Crippen molar-refractivity contribution in [1.29, 1.82) is 0 Å². The minimum absolute atomic E-state index is 0.909. The molecule has 2 heteroatoms. The summed E-state index contributed by atoms with van der Waals surface area (Å²) < 4.78 is 0. The van der Waals surface area contributed by atoms with Crippen molar-refractivity contribution in [2.45, 2.75) is 38.1 Å². The van der Waals surface area contributed by atoms with Crippen molar-refractivity contribution in [3.63, 3.8) is 0 Å². The van der Waals surface area contributed by atoms with E-state index in [9.17, 15) is 0 Å². The zero-order valence-electron chi connectivity index (χ0n) is 7.63. The van der Waals surface area contributed by atoms with Gasteiger partial charge in [0.2, 0.25) is 0 Å². The minimum Gasteiger partial charge on any atom is -0.255 e. The highest BCUT2D eigenvalue weighted by Gasteiger charge is 2.42. The maximum atomic E-state index is 3.50. The highest BCUT2D eigenvalue weighted by Crippen LogP contribution is 2.42. The third kappa shape index (κ3) is 0.944. The topological polar surface area (TPSA) is 15.3 Å². The summed E-state index contributed by atoms with van der Waals surface area (Å²) in [4.78, 5) is 0. The van der Waals surface area contributed by atoms with Crippen molar-refractivity contribution in [1.82, 2.24) is 10.4 Å². The van der Waals surface area contributed by atoms with E-state index in [1.165, 1.54) is 45.2 Å².